The topological polar surface area (TPSA) is 59.0 Å². The molecule has 0 saturated carbocycles. The van der Waals surface area contributed by atoms with Crippen LogP contribution in [0, 0.1) is 5.92 Å². The Morgan fingerprint density at radius 2 is 2.14 bits per heavy atom. The van der Waals surface area contributed by atoms with Crippen molar-refractivity contribution in [1.29, 1.82) is 0 Å². The second-order valence-corrected chi connectivity index (χ2v) is 6.34. The molecule has 2 unspecified atom stereocenters. The van der Waals surface area contributed by atoms with Crippen molar-refractivity contribution in [2.45, 2.75) is 39.3 Å². The summed E-state index contributed by atoms with van der Waals surface area (Å²) < 4.78 is 2.22. The van der Waals surface area contributed by atoms with Gasteiger partial charge in [0.25, 0.3) is 0 Å². The summed E-state index contributed by atoms with van der Waals surface area (Å²) in [7, 11) is 0. The van der Waals surface area contributed by atoms with Gasteiger partial charge in [-0.05, 0) is 45.9 Å². The molecule has 1 aromatic carbocycles. The number of nitrogens with one attached hydrogen (secondary N) is 2. The molecule has 1 amide bonds. The fourth-order valence-electron chi connectivity index (χ4n) is 3.19. The van der Waals surface area contributed by atoms with E-state index in [1.54, 1.807) is 0 Å². The van der Waals surface area contributed by atoms with E-state index in [1.807, 2.05) is 25.1 Å². The Labute approximate surface area is 131 Å². The van der Waals surface area contributed by atoms with Crippen LogP contribution >= 0.6 is 0 Å². The lowest BCUT2D eigenvalue weighted by molar-refractivity contribution is -0.125. The summed E-state index contributed by atoms with van der Waals surface area (Å²) in [5, 5.41) is 6.37. The average molecular weight is 300 g/mol. The monoisotopic (exact) mass is 300 g/mol. The molecule has 2 heterocycles. The predicted octanol–water partition coefficient (Wildman–Crippen LogP) is 2.40. The molecule has 5 heteroatoms. The van der Waals surface area contributed by atoms with Crippen LogP contribution in [0.4, 0.5) is 0 Å². The van der Waals surface area contributed by atoms with E-state index in [2.05, 4.69) is 35.1 Å². The average Bonchev–Trinajstić information content (AvgIpc) is 3.14. The van der Waals surface area contributed by atoms with Crippen molar-refractivity contribution >= 4 is 16.9 Å². The summed E-state index contributed by atoms with van der Waals surface area (Å²) in [6.07, 6.45) is 0.916. The number of carbonyl (C=O) groups excluding carboxylic acids is 1. The van der Waals surface area contributed by atoms with E-state index in [1.165, 1.54) is 0 Å². The highest BCUT2D eigenvalue weighted by Gasteiger charge is 2.26. The van der Waals surface area contributed by atoms with E-state index in [4.69, 9.17) is 4.98 Å². The molecule has 1 fully saturated rings. The first-order valence-corrected chi connectivity index (χ1v) is 8.06. The quantitative estimate of drug-likeness (QED) is 0.911. The van der Waals surface area contributed by atoms with Crippen molar-refractivity contribution in [2.75, 3.05) is 13.1 Å². The van der Waals surface area contributed by atoms with Gasteiger partial charge in [-0.1, -0.05) is 12.1 Å². The molecule has 1 aliphatic heterocycles. The van der Waals surface area contributed by atoms with Crippen molar-refractivity contribution in [2.24, 2.45) is 5.92 Å². The molecule has 0 bridgehead atoms. The number of nitrogens with zero attached hydrogens (tertiary/aromatic N) is 2. The zero-order valence-corrected chi connectivity index (χ0v) is 13.5. The van der Waals surface area contributed by atoms with Gasteiger partial charge in [0, 0.05) is 12.6 Å². The Bertz CT molecular complexity index is 670. The van der Waals surface area contributed by atoms with Crippen molar-refractivity contribution in [3.05, 3.63) is 30.1 Å². The molecule has 3 rings (SSSR count). The predicted molar refractivity (Wildman–Crippen MR) is 87.7 cm³/mol. The number of hydrogen-bond donors (Lipinski definition) is 2. The number of rotatable bonds is 4. The van der Waals surface area contributed by atoms with Crippen LogP contribution in [0.3, 0.4) is 0 Å². The smallest absolute Gasteiger partial charge is 0.225 e. The fraction of sp³-hybridized carbons (Fsp3) is 0.529. The van der Waals surface area contributed by atoms with Gasteiger partial charge in [-0.3, -0.25) is 4.79 Å². The first-order chi connectivity index (χ1) is 10.6. The molecule has 1 saturated heterocycles. The molecular formula is C17H24N4O. The minimum absolute atomic E-state index is 0.0827. The maximum Gasteiger partial charge on any atom is 0.225 e. The number of benzene rings is 1. The molecule has 1 aromatic heterocycles. The molecule has 5 nitrogen and oxygen atoms in total. The third kappa shape index (κ3) is 2.73. The van der Waals surface area contributed by atoms with Gasteiger partial charge in [0.1, 0.15) is 5.82 Å². The normalized spacial score (nSPS) is 19.7. The Morgan fingerprint density at radius 3 is 2.82 bits per heavy atom. The van der Waals surface area contributed by atoms with E-state index < -0.39 is 0 Å². The van der Waals surface area contributed by atoms with Crippen LogP contribution in [0.2, 0.25) is 0 Å². The molecule has 2 atom stereocenters. The number of carbonyl (C=O) groups is 1. The Morgan fingerprint density at radius 1 is 1.36 bits per heavy atom. The highest BCUT2D eigenvalue weighted by atomic mass is 16.2. The molecule has 118 valence electrons. The SMILES string of the molecule is CC(NC(=O)C1CCNC1)c1nc2ccccc2n1C(C)C. The first-order valence-electron chi connectivity index (χ1n) is 8.06. The molecule has 2 N–H and O–H groups in total. The maximum absolute atomic E-state index is 12.3. The highest BCUT2D eigenvalue weighted by molar-refractivity contribution is 5.80. The van der Waals surface area contributed by atoms with Crippen LogP contribution in [0.25, 0.3) is 11.0 Å². The van der Waals surface area contributed by atoms with Gasteiger partial charge < -0.3 is 15.2 Å². The second kappa shape index (κ2) is 6.08. The standard InChI is InChI=1S/C17H24N4O/c1-11(2)21-15-7-5-4-6-14(15)20-16(21)12(3)19-17(22)13-8-9-18-10-13/h4-7,11-13,18H,8-10H2,1-3H3,(H,19,22). The first kappa shape index (κ1) is 15.0. The zero-order valence-electron chi connectivity index (χ0n) is 13.5. The maximum atomic E-state index is 12.3. The van der Waals surface area contributed by atoms with Crippen LogP contribution < -0.4 is 10.6 Å². The van der Waals surface area contributed by atoms with Crippen LogP contribution in [0.15, 0.2) is 24.3 Å². The Kier molecular flexibility index (Phi) is 4.16. The Balaban J connectivity index is 1.88. The summed E-state index contributed by atoms with van der Waals surface area (Å²) in [6, 6.07) is 8.34. The van der Waals surface area contributed by atoms with Crippen LogP contribution in [0.1, 0.15) is 45.1 Å². The van der Waals surface area contributed by atoms with Gasteiger partial charge in [-0.15, -0.1) is 0 Å². The van der Waals surface area contributed by atoms with Gasteiger partial charge >= 0.3 is 0 Å². The lowest BCUT2D eigenvalue weighted by Gasteiger charge is -2.20. The lowest BCUT2D eigenvalue weighted by atomic mass is 10.1. The van der Waals surface area contributed by atoms with Crippen molar-refractivity contribution < 1.29 is 4.79 Å². The summed E-state index contributed by atoms with van der Waals surface area (Å²) in [5.74, 6) is 1.13. The fourth-order valence-corrected chi connectivity index (χ4v) is 3.19. The largest absolute Gasteiger partial charge is 0.346 e. The number of para-hydroxylation sites is 2. The van der Waals surface area contributed by atoms with E-state index in [-0.39, 0.29) is 17.9 Å². The number of aromatic nitrogens is 2. The van der Waals surface area contributed by atoms with Crippen molar-refractivity contribution in [1.82, 2.24) is 20.2 Å². The van der Waals surface area contributed by atoms with Crippen molar-refractivity contribution in [3.8, 4) is 0 Å². The summed E-state index contributed by atoms with van der Waals surface area (Å²) in [6.45, 7) is 8.01. The van der Waals surface area contributed by atoms with Gasteiger partial charge in [0.15, 0.2) is 0 Å². The van der Waals surface area contributed by atoms with E-state index in [0.717, 1.165) is 36.4 Å². The summed E-state index contributed by atoms with van der Waals surface area (Å²) in [4.78, 5) is 17.1. The highest BCUT2D eigenvalue weighted by Crippen LogP contribution is 2.25. The molecule has 0 radical (unpaired) electrons. The third-order valence-corrected chi connectivity index (χ3v) is 4.32. The second-order valence-electron chi connectivity index (χ2n) is 6.34. The van der Waals surface area contributed by atoms with Crippen LogP contribution in [0.5, 0.6) is 0 Å². The minimum atomic E-state index is -0.0945. The number of hydrogen-bond acceptors (Lipinski definition) is 3. The van der Waals surface area contributed by atoms with E-state index >= 15 is 0 Å². The number of amides is 1. The van der Waals surface area contributed by atoms with Crippen LogP contribution in [-0.2, 0) is 4.79 Å². The van der Waals surface area contributed by atoms with E-state index in [0.29, 0.717) is 6.04 Å². The summed E-state index contributed by atoms with van der Waals surface area (Å²) >= 11 is 0. The van der Waals surface area contributed by atoms with Gasteiger partial charge in [-0.25, -0.2) is 4.98 Å². The summed E-state index contributed by atoms with van der Waals surface area (Å²) in [5.41, 5.74) is 2.10. The molecular weight excluding hydrogens is 276 g/mol. The van der Waals surface area contributed by atoms with Gasteiger partial charge in [0.2, 0.25) is 5.91 Å². The van der Waals surface area contributed by atoms with Crippen LogP contribution in [-0.4, -0.2) is 28.5 Å². The van der Waals surface area contributed by atoms with Gasteiger partial charge in [-0.2, -0.15) is 0 Å². The molecule has 0 aliphatic carbocycles. The Hall–Kier alpha value is -1.88. The molecule has 0 spiro atoms. The number of fused-ring (bicyclic) bond motifs is 1. The van der Waals surface area contributed by atoms with Crippen molar-refractivity contribution in [3.63, 3.8) is 0 Å². The van der Waals surface area contributed by atoms with E-state index in [9.17, 15) is 4.79 Å². The lowest BCUT2D eigenvalue weighted by Crippen LogP contribution is -2.35. The minimum Gasteiger partial charge on any atom is -0.346 e. The third-order valence-electron chi connectivity index (χ3n) is 4.32. The zero-order chi connectivity index (χ0) is 15.7. The molecule has 22 heavy (non-hydrogen) atoms. The number of imidazole rings is 1. The molecule has 1 aliphatic rings. The molecule has 2 aromatic rings. The van der Waals surface area contributed by atoms with Gasteiger partial charge in [0.05, 0.1) is 23.0 Å².